The molecule has 2 heterocycles. The molecule has 9 heteroatoms. The van der Waals surface area contributed by atoms with Crippen molar-refractivity contribution < 1.29 is 20.1 Å². The number of thiocarbonyl (C=S) groups is 1. The number of nitrogens with zero attached hydrogens (tertiary/aromatic N) is 2. The molecule has 1 aromatic rings. The second-order valence-electron chi connectivity index (χ2n) is 3.98. The average Bonchev–Trinajstić information content (AvgIpc) is 2.82. The van der Waals surface area contributed by atoms with Crippen molar-refractivity contribution in [2.45, 2.75) is 24.5 Å². The van der Waals surface area contributed by atoms with Crippen molar-refractivity contribution in [1.82, 2.24) is 9.78 Å². The van der Waals surface area contributed by atoms with Gasteiger partial charge in [-0.25, -0.2) is 4.68 Å². The molecular weight excluding hydrogens is 260 g/mol. The van der Waals surface area contributed by atoms with Crippen molar-refractivity contribution in [2.75, 3.05) is 12.3 Å². The van der Waals surface area contributed by atoms with Crippen molar-refractivity contribution in [1.29, 1.82) is 0 Å². The van der Waals surface area contributed by atoms with Crippen LogP contribution in [0.2, 0.25) is 0 Å². The van der Waals surface area contributed by atoms with Gasteiger partial charge in [-0.05, 0) is 0 Å². The second kappa shape index (κ2) is 4.78. The van der Waals surface area contributed by atoms with Crippen LogP contribution >= 0.6 is 12.2 Å². The van der Waals surface area contributed by atoms with E-state index in [-0.39, 0.29) is 10.8 Å². The lowest BCUT2D eigenvalue weighted by molar-refractivity contribution is -0.0574. The van der Waals surface area contributed by atoms with Crippen LogP contribution in [-0.2, 0) is 4.74 Å². The third kappa shape index (κ3) is 1.95. The molecule has 2 rings (SSSR count). The first-order valence-corrected chi connectivity index (χ1v) is 5.63. The van der Waals surface area contributed by atoms with E-state index in [4.69, 9.17) is 33.5 Å². The highest BCUT2D eigenvalue weighted by molar-refractivity contribution is 7.80. The Morgan fingerprint density at radius 2 is 2.17 bits per heavy atom. The van der Waals surface area contributed by atoms with E-state index < -0.39 is 31.1 Å². The number of aliphatic hydroxyl groups is 3. The number of rotatable bonds is 3. The molecule has 1 aromatic heterocycles. The minimum Gasteiger partial charge on any atom is -0.394 e. The Balaban J connectivity index is 2.30. The number of hydrogen-bond donors (Lipinski definition) is 5. The molecule has 8 nitrogen and oxygen atoms in total. The molecule has 0 bridgehead atoms. The molecule has 0 radical (unpaired) electrons. The zero-order valence-electron chi connectivity index (χ0n) is 9.30. The average molecular weight is 274 g/mol. The van der Waals surface area contributed by atoms with Crippen molar-refractivity contribution in [3.8, 4) is 0 Å². The van der Waals surface area contributed by atoms with Crippen LogP contribution in [-0.4, -0.2) is 55.0 Å². The van der Waals surface area contributed by atoms with Crippen LogP contribution in [0.15, 0.2) is 6.20 Å². The van der Waals surface area contributed by atoms with Gasteiger partial charge in [-0.3, -0.25) is 0 Å². The van der Waals surface area contributed by atoms with Gasteiger partial charge in [0, 0.05) is 0 Å². The SMILES string of the molecule is NC(=S)c1cnn([C@@H]2O[C@H](CO)[C@@H](O)[C@H]2O)c1N. The number of ether oxygens (including phenoxy) is 1. The minimum absolute atomic E-state index is 0.0745. The molecule has 1 saturated heterocycles. The highest BCUT2D eigenvalue weighted by Gasteiger charge is 2.44. The summed E-state index contributed by atoms with van der Waals surface area (Å²) in [4.78, 5) is 0.0745. The summed E-state index contributed by atoms with van der Waals surface area (Å²) in [7, 11) is 0. The molecule has 100 valence electrons. The fourth-order valence-corrected chi connectivity index (χ4v) is 2.00. The maximum Gasteiger partial charge on any atom is 0.181 e. The van der Waals surface area contributed by atoms with Crippen LogP contribution in [0, 0.1) is 0 Å². The summed E-state index contributed by atoms with van der Waals surface area (Å²) >= 11 is 4.79. The minimum atomic E-state index is -1.25. The lowest BCUT2D eigenvalue weighted by Crippen LogP contribution is -2.33. The van der Waals surface area contributed by atoms with Crippen molar-refractivity contribution in [2.24, 2.45) is 5.73 Å². The zero-order chi connectivity index (χ0) is 13.4. The summed E-state index contributed by atoms with van der Waals surface area (Å²) in [6, 6.07) is 0. The summed E-state index contributed by atoms with van der Waals surface area (Å²) in [5.74, 6) is 0.136. The number of aliphatic hydroxyl groups excluding tert-OH is 3. The highest BCUT2D eigenvalue weighted by Crippen LogP contribution is 2.31. The van der Waals surface area contributed by atoms with E-state index in [1.54, 1.807) is 0 Å². The molecule has 0 spiro atoms. The summed E-state index contributed by atoms with van der Waals surface area (Å²) in [5.41, 5.74) is 11.6. The summed E-state index contributed by atoms with van der Waals surface area (Å²) in [6.07, 6.45) is -2.98. The first-order chi connectivity index (χ1) is 8.47. The molecule has 0 aliphatic carbocycles. The predicted octanol–water partition coefficient (Wildman–Crippen LogP) is -2.29. The molecule has 1 aliphatic rings. The van der Waals surface area contributed by atoms with Gasteiger partial charge in [0.2, 0.25) is 0 Å². The van der Waals surface area contributed by atoms with Gasteiger partial charge in [0.25, 0.3) is 0 Å². The van der Waals surface area contributed by atoms with Gasteiger partial charge in [0.15, 0.2) is 6.23 Å². The second-order valence-corrected chi connectivity index (χ2v) is 4.42. The third-order valence-electron chi connectivity index (χ3n) is 2.86. The van der Waals surface area contributed by atoms with Gasteiger partial charge >= 0.3 is 0 Å². The first kappa shape index (κ1) is 13.2. The Morgan fingerprint density at radius 3 is 2.61 bits per heavy atom. The van der Waals surface area contributed by atoms with Gasteiger partial charge in [0.05, 0.1) is 18.4 Å². The Hall–Kier alpha value is -1.26. The highest BCUT2D eigenvalue weighted by atomic mass is 32.1. The normalized spacial score (nSPS) is 31.7. The Morgan fingerprint density at radius 1 is 1.50 bits per heavy atom. The molecule has 4 atom stereocenters. The number of nitrogen functional groups attached to an aromatic ring is 1. The quantitative estimate of drug-likeness (QED) is 0.388. The summed E-state index contributed by atoms with van der Waals surface area (Å²) < 4.78 is 6.46. The molecule has 0 saturated carbocycles. The summed E-state index contributed by atoms with van der Waals surface area (Å²) in [6.45, 7) is -0.419. The Kier molecular flexibility index (Phi) is 3.50. The fourth-order valence-electron chi connectivity index (χ4n) is 1.85. The van der Waals surface area contributed by atoms with Gasteiger partial charge in [-0.15, -0.1) is 0 Å². The largest absolute Gasteiger partial charge is 0.394 e. The lowest BCUT2D eigenvalue weighted by atomic mass is 10.1. The van der Waals surface area contributed by atoms with Crippen LogP contribution in [0.4, 0.5) is 5.82 Å². The van der Waals surface area contributed by atoms with E-state index in [1.807, 2.05) is 0 Å². The van der Waals surface area contributed by atoms with Crippen molar-refractivity contribution in [3.05, 3.63) is 11.8 Å². The fraction of sp³-hybridized carbons (Fsp3) is 0.556. The molecular formula is C9H14N4O4S. The Bertz CT molecular complexity index is 465. The van der Waals surface area contributed by atoms with Gasteiger partial charge in [-0.2, -0.15) is 5.10 Å². The standard InChI is InChI=1S/C9H14N4O4S/c10-7-3(8(11)18)1-12-13(7)9-6(16)5(15)4(2-14)17-9/h1,4-6,9,14-16H,2,10H2,(H2,11,18)/t4-,5-,6-,9-/m1/s1. The van der Waals surface area contributed by atoms with Gasteiger partial charge in [0.1, 0.15) is 29.1 Å². The number of hydrogen-bond acceptors (Lipinski definition) is 7. The number of aromatic nitrogens is 2. The molecule has 0 unspecified atom stereocenters. The van der Waals surface area contributed by atoms with Gasteiger partial charge < -0.3 is 31.5 Å². The van der Waals surface area contributed by atoms with Crippen LogP contribution in [0.25, 0.3) is 0 Å². The van der Waals surface area contributed by atoms with E-state index in [2.05, 4.69) is 5.10 Å². The van der Waals surface area contributed by atoms with Crippen LogP contribution in [0.5, 0.6) is 0 Å². The number of nitrogens with two attached hydrogens (primary N) is 2. The molecule has 0 aromatic carbocycles. The molecule has 7 N–H and O–H groups in total. The Labute approximate surface area is 108 Å². The van der Waals surface area contributed by atoms with Crippen molar-refractivity contribution in [3.63, 3.8) is 0 Å². The smallest absolute Gasteiger partial charge is 0.181 e. The number of anilines is 1. The maximum absolute atomic E-state index is 9.82. The van der Waals surface area contributed by atoms with Crippen LogP contribution in [0.3, 0.4) is 0 Å². The van der Waals surface area contributed by atoms with E-state index in [9.17, 15) is 10.2 Å². The first-order valence-electron chi connectivity index (χ1n) is 5.22. The van der Waals surface area contributed by atoms with Crippen LogP contribution in [0.1, 0.15) is 11.8 Å². The monoisotopic (exact) mass is 274 g/mol. The maximum atomic E-state index is 9.82. The van der Waals surface area contributed by atoms with E-state index >= 15 is 0 Å². The van der Waals surface area contributed by atoms with Crippen LogP contribution < -0.4 is 11.5 Å². The molecule has 1 fully saturated rings. The van der Waals surface area contributed by atoms with E-state index in [0.29, 0.717) is 5.56 Å². The van der Waals surface area contributed by atoms with Gasteiger partial charge in [-0.1, -0.05) is 12.2 Å². The predicted molar refractivity (Wildman–Crippen MR) is 65.5 cm³/mol. The topological polar surface area (TPSA) is 140 Å². The van der Waals surface area contributed by atoms with E-state index in [1.165, 1.54) is 10.9 Å². The van der Waals surface area contributed by atoms with E-state index in [0.717, 1.165) is 0 Å². The molecule has 0 amide bonds. The summed E-state index contributed by atoms with van der Waals surface area (Å²) in [5, 5.41) is 32.3. The molecule has 18 heavy (non-hydrogen) atoms. The zero-order valence-corrected chi connectivity index (χ0v) is 10.1. The van der Waals surface area contributed by atoms with Crippen molar-refractivity contribution >= 4 is 23.0 Å². The molecule has 1 aliphatic heterocycles. The third-order valence-corrected chi connectivity index (χ3v) is 3.08. The lowest BCUT2D eigenvalue weighted by Gasteiger charge is -2.16.